The molecule has 0 spiro atoms. The fourth-order valence-electron chi connectivity index (χ4n) is 1.53. The molecule has 1 fully saturated rings. The number of carbonyl (C=O) groups excluding carboxylic acids is 1. The minimum Gasteiger partial charge on any atom is -0.480 e. The van der Waals surface area contributed by atoms with Gasteiger partial charge in [-0.25, -0.2) is 4.79 Å². The van der Waals surface area contributed by atoms with E-state index in [4.69, 9.17) is 20.3 Å². The van der Waals surface area contributed by atoms with Crippen molar-refractivity contribution in [2.45, 2.75) is 18.4 Å². The molecule has 1 aliphatic heterocycles. The third kappa shape index (κ3) is 4.68. The Kier molecular flexibility index (Phi) is 5.33. The van der Waals surface area contributed by atoms with E-state index in [1.165, 1.54) is 0 Å². The number of carboxylic acid groups (broad SMARTS) is 1. The minimum absolute atomic E-state index is 0.157. The molecule has 1 aliphatic rings. The average molecular weight is 246 g/mol. The van der Waals surface area contributed by atoms with Crippen molar-refractivity contribution in [3.05, 3.63) is 0 Å². The Morgan fingerprint density at radius 3 is 2.65 bits per heavy atom. The predicted octanol–water partition coefficient (Wildman–Crippen LogP) is -1.29. The number of carbonyl (C=O) groups is 2. The Morgan fingerprint density at radius 2 is 2.06 bits per heavy atom. The van der Waals surface area contributed by atoms with Crippen molar-refractivity contribution in [3.8, 4) is 0 Å². The molecule has 17 heavy (non-hydrogen) atoms. The number of carboxylic acids is 1. The van der Waals surface area contributed by atoms with Crippen LogP contribution in [0.5, 0.6) is 0 Å². The first-order valence-electron chi connectivity index (χ1n) is 5.49. The van der Waals surface area contributed by atoms with E-state index in [0.717, 1.165) is 0 Å². The standard InChI is InChI=1S/C10H18N2O5/c11-10(1-4-16-5-2-10)9(15)12-3-6-17-7-8(13)14/h1-7,11H2,(H,12,15)(H,13,14). The highest BCUT2D eigenvalue weighted by Gasteiger charge is 2.35. The molecule has 4 N–H and O–H groups in total. The summed E-state index contributed by atoms with van der Waals surface area (Å²) in [6.07, 6.45) is 0.990. The molecule has 7 heteroatoms. The van der Waals surface area contributed by atoms with E-state index in [2.05, 4.69) is 5.32 Å². The molecule has 0 aromatic rings. The number of ether oxygens (including phenoxy) is 2. The number of amides is 1. The van der Waals surface area contributed by atoms with Gasteiger partial charge in [-0.05, 0) is 12.8 Å². The summed E-state index contributed by atoms with van der Waals surface area (Å²) in [5, 5.41) is 10.9. The lowest BCUT2D eigenvalue weighted by Gasteiger charge is -2.31. The zero-order chi connectivity index (χ0) is 12.7. The molecule has 1 heterocycles. The molecule has 0 atom stereocenters. The van der Waals surface area contributed by atoms with Crippen molar-refractivity contribution >= 4 is 11.9 Å². The van der Waals surface area contributed by atoms with Gasteiger partial charge in [0, 0.05) is 19.8 Å². The van der Waals surface area contributed by atoms with Gasteiger partial charge in [-0.2, -0.15) is 0 Å². The molecule has 0 aromatic heterocycles. The number of hydrogen-bond acceptors (Lipinski definition) is 5. The third-order valence-corrected chi connectivity index (χ3v) is 2.59. The molecular formula is C10H18N2O5. The van der Waals surface area contributed by atoms with Gasteiger partial charge in [0.2, 0.25) is 5.91 Å². The van der Waals surface area contributed by atoms with Gasteiger partial charge >= 0.3 is 5.97 Å². The number of nitrogens with two attached hydrogens (primary N) is 1. The Labute approximate surface area is 99.3 Å². The van der Waals surface area contributed by atoms with Crippen LogP contribution < -0.4 is 11.1 Å². The van der Waals surface area contributed by atoms with Gasteiger partial charge in [-0.15, -0.1) is 0 Å². The van der Waals surface area contributed by atoms with Crippen molar-refractivity contribution in [3.63, 3.8) is 0 Å². The summed E-state index contributed by atoms with van der Waals surface area (Å²) in [6, 6.07) is 0. The van der Waals surface area contributed by atoms with Gasteiger partial charge in [-0.1, -0.05) is 0 Å². The molecule has 1 saturated heterocycles. The van der Waals surface area contributed by atoms with Crippen LogP contribution in [0, 0.1) is 0 Å². The number of nitrogens with one attached hydrogen (secondary N) is 1. The van der Waals surface area contributed by atoms with Crippen LogP contribution in [0.2, 0.25) is 0 Å². The Balaban J connectivity index is 2.17. The smallest absolute Gasteiger partial charge is 0.329 e. The van der Waals surface area contributed by atoms with E-state index in [1.807, 2.05) is 0 Å². The highest BCUT2D eigenvalue weighted by Crippen LogP contribution is 2.17. The highest BCUT2D eigenvalue weighted by molar-refractivity contribution is 5.86. The fraction of sp³-hybridized carbons (Fsp3) is 0.800. The van der Waals surface area contributed by atoms with Crippen molar-refractivity contribution in [2.24, 2.45) is 5.73 Å². The summed E-state index contributed by atoms with van der Waals surface area (Å²) in [6.45, 7) is 1.02. The first-order valence-corrected chi connectivity index (χ1v) is 5.49. The van der Waals surface area contributed by atoms with Crippen molar-refractivity contribution in [1.82, 2.24) is 5.32 Å². The summed E-state index contributed by atoms with van der Waals surface area (Å²) in [5.41, 5.74) is 5.07. The summed E-state index contributed by atoms with van der Waals surface area (Å²) in [5.74, 6) is -1.27. The van der Waals surface area contributed by atoms with Crippen LogP contribution >= 0.6 is 0 Å². The Bertz CT molecular complexity index is 276. The van der Waals surface area contributed by atoms with Crippen molar-refractivity contribution in [2.75, 3.05) is 33.0 Å². The monoisotopic (exact) mass is 246 g/mol. The SMILES string of the molecule is NC1(C(=O)NCCOCC(=O)O)CCOCC1. The Hall–Kier alpha value is -1.18. The highest BCUT2D eigenvalue weighted by atomic mass is 16.5. The molecule has 98 valence electrons. The van der Waals surface area contributed by atoms with Crippen LogP contribution in [-0.4, -0.2) is 55.5 Å². The van der Waals surface area contributed by atoms with E-state index in [1.54, 1.807) is 0 Å². The van der Waals surface area contributed by atoms with Crippen molar-refractivity contribution < 1.29 is 24.2 Å². The van der Waals surface area contributed by atoms with Gasteiger partial charge < -0.3 is 25.6 Å². The van der Waals surface area contributed by atoms with Gasteiger partial charge in [0.25, 0.3) is 0 Å². The second-order valence-electron chi connectivity index (χ2n) is 3.97. The third-order valence-electron chi connectivity index (χ3n) is 2.59. The van der Waals surface area contributed by atoms with E-state index < -0.39 is 11.5 Å². The summed E-state index contributed by atoms with van der Waals surface area (Å²) < 4.78 is 9.92. The zero-order valence-electron chi connectivity index (χ0n) is 9.61. The maximum Gasteiger partial charge on any atom is 0.329 e. The topological polar surface area (TPSA) is 111 Å². The molecule has 7 nitrogen and oxygen atoms in total. The van der Waals surface area contributed by atoms with Gasteiger partial charge in [-0.3, -0.25) is 4.79 Å². The van der Waals surface area contributed by atoms with Gasteiger partial charge in [0.1, 0.15) is 6.61 Å². The van der Waals surface area contributed by atoms with Crippen LogP contribution in [0.3, 0.4) is 0 Å². The van der Waals surface area contributed by atoms with Crippen molar-refractivity contribution in [1.29, 1.82) is 0 Å². The summed E-state index contributed by atoms with van der Waals surface area (Å²) in [7, 11) is 0. The molecule has 0 bridgehead atoms. The Morgan fingerprint density at radius 1 is 1.41 bits per heavy atom. The molecule has 1 rings (SSSR count). The lowest BCUT2D eigenvalue weighted by atomic mass is 9.90. The van der Waals surface area contributed by atoms with Gasteiger partial charge in [0.05, 0.1) is 12.1 Å². The molecule has 0 saturated carbocycles. The molecule has 0 aliphatic carbocycles. The maximum absolute atomic E-state index is 11.8. The second kappa shape index (κ2) is 6.53. The van der Waals surface area contributed by atoms with E-state index in [9.17, 15) is 9.59 Å². The maximum atomic E-state index is 11.8. The first kappa shape index (κ1) is 13.9. The van der Waals surface area contributed by atoms with E-state index >= 15 is 0 Å². The fourth-order valence-corrected chi connectivity index (χ4v) is 1.53. The predicted molar refractivity (Wildman–Crippen MR) is 58.4 cm³/mol. The van der Waals surface area contributed by atoms with Gasteiger partial charge in [0.15, 0.2) is 0 Å². The van der Waals surface area contributed by atoms with Crippen LogP contribution in [0.1, 0.15) is 12.8 Å². The molecule has 0 radical (unpaired) electrons. The van der Waals surface area contributed by atoms with Crippen LogP contribution in [-0.2, 0) is 19.1 Å². The summed E-state index contributed by atoms with van der Waals surface area (Å²) >= 11 is 0. The quantitative estimate of drug-likeness (QED) is 0.503. The lowest BCUT2D eigenvalue weighted by molar-refractivity contribution is -0.142. The molecule has 0 aromatic carbocycles. The minimum atomic E-state index is -1.03. The van der Waals surface area contributed by atoms with Crippen LogP contribution in [0.4, 0.5) is 0 Å². The first-order chi connectivity index (χ1) is 8.04. The number of rotatable bonds is 6. The average Bonchev–Trinajstić information content (AvgIpc) is 2.29. The van der Waals surface area contributed by atoms with E-state index in [-0.39, 0.29) is 25.7 Å². The number of aliphatic carboxylic acids is 1. The number of hydrogen-bond donors (Lipinski definition) is 3. The second-order valence-corrected chi connectivity index (χ2v) is 3.97. The van der Waals surface area contributed by atoms with E-state index in [0.29, 0.717) is 26.1 Å². The summed E-state index contributed by atoms with van der Waals surface area (Å²) in [4.78, 5) is 21.9. The zero-order valence-corrected chi connectivity index (χ0v) is 9.61. The lowest BCUT2D eigenvalue weighted by Crippen LogP contribution is -2.57. The molecule has 0 unspecified atom stereocenters. The normalized spacial score (nSPS) is 18.6. The molecular weight excluding hydrogens is 228 g/mol. The van der Waals surface area contributed by atoms with Crippen LogP contribution in [0.25, 0.3) is 0 Å². The molecule has 1 amide bonds. The largest absolute Gasteiger partial charge is 0.480 e. The van der Waals surface area contributed by atoms with Crippen LogP contribution in [0.15, 0.2) is 0 Å².